The largest absolute Gasteiger partial charge is 0.351 e. The van der Waals surface area contributed by atoms with E-state index in [1.165, 1.54) is 0 Å². The molecule has 3 heterocycles. The summed E-state index contributed by atoms with van der Waals surface area (Å²) < 4.78 is 0. The lowest BCUT2D eigenvalue weighted by molar-refractivity contribution is -0.138. The van der Waals surface area contributed by atoms with E-state index < -0.39 is 0 Å². The van der Waals surface area contributed by atoms with E-state index in [0.29, 0.717) is 5.91 Å². The zero-order valence-electron chi connectivity index (χ0n) is 16.2. The van der Waals surface area contributed by atoms with E-state index in [2.05, 4.69) is 53.9 Å². The number of hydrogen-bond donors (Lipinski definition) is 0. The molecule has 2 aliphatic heterocycles. The molecule has 6 heteroatoms. The van der Waals surface area contributed by atoms with Crippen LogP contribution >= 0.6 is 0 Å². The second-order valence-electron chi connectivity index (χ2n) is 8.64. The first-order chi connectivity index (χ1) is 11.8. The molecule has 0 N–H and O–H groups in total. The Morgan fingerprint density at radius 3 is 2.48 bits per heavy atom. The van der Waals surface area contributed by atoms with E-state index in [0.717, 1.165) is 50.5 Å². The maximum Gasteiger partial charge on any atom is 0.227 e. The lowest BCUT2D eigenvalue weighted by Crippen LogP contribution is -2.61. The number of carbonyl (C=O) groups is 1. The van der Waals surface area contributed by atoms with Gasteiger partial charge in [0, 0.05) is 32.1 Å². The van der Waals surface area contributed by atoms with Gasteiger partial charge in [0.05, 0.1) is 17.7 Å². The third-order valence-electron chi connectivity index (χ3n) is 5.47. The predicted molar refractivity (Wildman–Crippen MR) is 99.7 cm³/mol. The summed E-state index contributed by atoms with van der Waals surface area (Å²) in [5, 5.41) is 8.73. The lowest BCUT2D eigenvalue weighted by atomic mass is 9.92. The monoisotopic (exact) mass is 345 g/mol. The molecule has 2 fully saturated rings. The molecule has 6 nitrogen and oxygen atoms in total. The second kappa shape index (κ2) is 6.90. The van der Waals surface area contributed by atoms with Crippen molar-refractivity contribution in [3.63, 3.8) is 0 Å². The Balaban J connectivity index is 1.54. The Morgan fingerprint density at radius 2 is 1.92 bits per heavy atom. The molecule has 1 aromatic rings. The van der Waals surface area contributed by atoms with Gasteiger partial charge >= 0.3 is 0 Å². The van der Waals surface area contributed by atoms with Gasteiger partial charge in [0.1, 0.15) is 0 Å². The third-order valence-corrected chi connectivity index (χ3v) is 5.47. The van der Waals surface area contributed by atoms with Crippen molar-refractivity contribution < 1.29 is 4.79 Å². The zero-order valence-corrected chi connectivity index (χ0v) is 16.2. The van der Waals surface area contributed by atoms with Crippen LogP contribution in [0.25, 0.3) is 0 Å². The lowest BCUT2D eigenvalue weighted by Gasteiger charge is -2.45. The fourth-order valence-electron chi connectivity index (χ4n) is 3.62. The Labute approximate surface area is 151 Å². The van der Waals surface area contributed by atoms with Crippen LogP contribution in [0, 0.1) is 5.92 Å². The Hall–Kier alpha value is -1.69. The highest BCUT2D eigenvalue weighted by Crippen LogP contribution is 2.26. The predicted octanol–water partition coefficient (Wildman–Crippen LogP) is 1.76. The van der Waals surface area contributed by atoms with Gasteiger partial charge in [0.2, 0.25) is 5.91 Å². The van der Waals surface area contributed by atoms with E-state index in [1.54, 1.807) is 0 Å². The topological polar surface area (TPSA) is 52.6 Å². The van der Waals surface area contributed by atoms with Gasteiger partial charge in [-0.2, -0.15) is 5.10 Å². The summed E-state index contributed by atoms with van der Waals surface area (Å²) in [6, 6.07) is 4.38. The molecule has 0 aromatic carbocycles. The summed E-state index contributed by atoms with van der Waals surface area (Å²) in [4.78, 5) is 19.1. The summed E-state index contributed by atoms with van der Waals surface area (Å²) in [5.74, 6) is 1.36. The summed E-state index contributed by atoms with van der Waals surface area (Å²) >= 11 is 0. The van der Waals surface area contributed by atoms with E-state index in [1.807, 2.05) is 18.0 Å². The molecule has 1 atom stereocenters. The Kier molecular flexibility index (Phi) is 5.00. The first-order valence-corrected chi connectivity index (χ1v) is 9.30. The molecule has 138 valence electrons. The molecule has 0 bridgehead atoms. The van der Waals surface area contributed by atoms with Gasteiger partial charge in [-0.3, -0.25) is 4.79 Å². The van der Waals surface area contributed by atoms with Crippen LogP contribution in [0.1, 0.15) is 39.3 Å². The van der Waals surface area contributed by atoms with Crippen molar-refractivity contribution >= 4 is 11.7 Å². The van der Waals surface area contributed by atoms with Crippen LogP contribution in [0.4, 0.5) is 5.82 Å². The van der Waals surface area contributed by atoms with E-state index >= 15 is 0 Å². The first kappa shape index (κ1) is 18.1. The summed E-state index contributed by atoms with van der Waals surface area (Å²) in [7, 11) is 4.05. The number of nitrogens with zero attached hydrogens (tertiary/aromatic N) is 5. The maximum atomic E-state index is 12.7. The Bertz CT molecular complexity index is 603. The van der Waals surface area contributed by atoms with Crippen LogP contribution in [0.3, 0.4) is 0 Å². The van der Waals surface area contributed by atoms with Crippen LogP contribution in [0.5, 0.6) is 0 Å². The average molecular weight is 345 g/mol. The molecule has 1 unspecified atom stereocenters. The van der Waals surface area contributed by atoms with E-state index in [4.69, 9.17) is 0 Å². The molecular weight excluding hydrogens is 314 g/mol. The normalized spacial score (nSPS) is 22.6. The molecule has 0 aliphatic carbocycles. The molecule has 0 spiro atoms. The van der Waals surface area contributed by atoms with Gasteiger partial charge in [0.25, 0.3) is 0 Å². The number of likely N-dealkylation sites (N-methyl/N-ethyl adjacent to an activating group) is 1. The van der Waals surface area contributed by atoms with Crippen LogP contribution in [-0.4, -0.2) is 72.2 Å². The number of rotatable bonds is 3. The van der Waals surface area contributed by atoms with Crippen molar-refractivity contribution in [3.8, 4) is 0 Å². The second-order valence-corrected chi connectivity index (χ2v) is 8.64. The van der Waals surface area contributed by atoms with Crippen molar-refractivity contribution in [2.24, 2.45) is 5.92 Å². The third kappa shape index (κ3) is 3.94. The molecule has 1 amide bonds. The van der Waals surface area contributed by atoms with Gasteiger partial charge < -0.3 is 14.7 Å². The molecule has 25 heavy (non-hydrogen) atoms. The number of piperidine rings is 1. The zero-order chi connectivity index (χ0) is 18.2. The molecular formula is C19H31N5O. The number of carbonyl (C=O) groups excluding carboxylic acids is 1. The number of likely N-dealkylation sites (tertiary alicyclic amines) is 1. The molecule has 1 aromatic heterocycles. The fourth-order valence-corrected chi connectivity index (χ4v) is 3.62. The molecule has 0 saturated carbocycles. The number of amides is 1. The quantitative estimate of drug-likeness (QED) is 0.836. The smallest absolute Gasteiger partial charge is 0.227 e. The fraction of sp³-hybridized carbons (Fsp3) is 0.737. The summed E-state index contributed by atoms with van der Waals surface area (Å²) in [6.07, 6.45) is 2.14. The van der Waals surface area contributed by atoms with Gasteiger partial charge in [-0.05, 0) is 38.6 Å². The van der Waals surface area contributed by atoms with Gasteiger partial charge in [0.15, 0.2) is 5.82 Å². The van der Waals surface area contributed by atoms with Crippen LogP contribution in [0.15, 0.2) is 12.1 Å². The van der Waals surface area contributed by atoms with Gasteiger partial charge in [-0.25, -0.2) is 0 Å². The molecule has 3 rings (SSSR count). The van der Waals surface area contributed by atoms with Gasteiger partial charge in [-0.15, -0.1) is 5.10 Å². The summed E-state index contributed by atoms with van der Waals surface area (Å²) in [6.45, 7) is 10.1. The molecule has 2 aliphatic rings. The number of aromatic nitrogens is 2. The summed E-state index contributed by atoms with van der Waals surface area (Å²) in [5.41, 5.74) is 1.02. The minimum atomic E-state index is 0.0167. The SMILES string of the molecule is CN1CCCC(C(=O)N(C)C2CN(c3ccc(C(C)(C)C)nn3)C2)C1. The van der Waals surface area contributed by atoms with Crippen LogP contribution < -0.4 is 4.90 Å². The minimum Gasteiger partial charge on any atom is -0.351 e. The Morgan fingerprint density at radius 1 is 1.20 bits per heavy atom. The molecule has 0 radical (unpaired) electrons. The highest BCUT2D eigenvalue weighted by molar-refractivity contribution is 5.79. The maximum absolute atomic E-state index is 12.7. The van der Waals surface area contributed by atoms with E-state index in [9.17, 15) is 4.79 Å². The van der Waals surface area contributed by atoms with Crippen molar-refractivity contribution in [1.82, 2.24) is 20.0 Å². The minimum absolute atomic E-state index is 0.0167. The average Bonchev–Trinajstić information content (AvgIpc) is 2.52. The molecule has 2 saturated heterocycles. The number of hydrogen-bond acceptors (Lipinski definition) is 5. The van der Waals surface area contributed by atoms with E-state index in [-0.39, 0.29) is 17.4 Å². The van der Waals surface area contributed by atoms with Crippen LogP contribution in [0.2, 0.25) is 0 Å². The van der Waals surface area contributed by atoms with Crippen molar-refractivity contribution in [2.45, 2.75) is 45.1 Å². The van der Waals surface area contributed by atoms with Crippen LogP contribution in [-0.2, 0) is 10.2 Å². The highest BCUT2D eigenvalue weighted by Gasteiger charge is 2.36. The van der Waals surface area contributed by atoms with Crippen molar-refractivity contribution in [2.75, 3.05) is 45.2 Å². The highest BCUT2D eigenvalue weighted by atomic mass is 16.2. The van der Waals surface area contributed by atoms with Crippen molar-refractivity contribution in [1.29, 1.82) is 0 Å². The standard InChI is InChI=1S/C19H31N5O/c1-19(2,3)16-8-9-17(21-20-16)24-12-15(13-24)23(5)18(25)14-7-6-10-22(4)11-14/h8-9,14-15H,6-7,10-13H2,1-5H3. The number of anilines is 1. The van der Waals surface area contributed by atoms with Gasteiger partial charge in [-0.1, -0.05) is 20.8 Å². The first-order valence-electron chi connectivity index (χ1n) is 9.30. The van der Waals surface area contributed by atoms with Crippen molar-refractivity contribution in [3.05, 3.63) is 17.8 Å².